The van der Waals surface area contributed by atoms with Crippen LogP contribution in [0.3, 0.4) is 0 Å². The van der Waals surface area contributed by atoms with Crippen molar-refractivity contribution in [2.45, 2.75) is 4.90 Å². The molecule has 194 valence electrons. The molecule has 0 heterocycles. The van der Waals surface area contributed by atoms with Crippen LogP contribution in [-0.4, -0.2) is 54.2 Å². The van der Waals surface area contributed by atoms with Crippen molar-refractivity contribution < 1.29 is 41.7 Å². The summed E-state index contributed by atoms with van der Waals surface area (Å²) in [7, 11) is 0.0311. The molecule has 37 heavy (non-hydrogen) atoms. The molecule has 0 radical (unpaired) electrons. The Morgan fingerprint density at radius 2 is 1.27 bits per heavy atom. The van der Waals surface area contributed by atoms with Gasteiger partial charge in [0.1, 0.15) is 11.5 Å². The van der Waals surface area contributed by atoms with Crippen molar-refractivity contribution in [1.29, 1.82) is 0 Å². The summed E-state index contributed by atoms with van der Waals surface area (Å²) in [6.07, 6.45) is 0. The number of esters is 2. The van der Waals surface area contributed by atoms with Gasteiger partial charge in [0.05, 0.1) is 37.4 Å². The van der Waals surface area contributed by atoms with Crippen LogP contribution in [0.5, 0.6) is 11.5 Å². The van der Waals surface area contributed by atoms with Crippen molar-refractivity contribution in [2.24, 2.45) is 0 Å². The summed E-state index contributed by atoms with van der Waals surface area (Å²) in [6, 6.07) is 15.8. The fourth-order valence-electron chi connectivity index (χ4n) is 3.11. The molecule has 0 atom stereocenters. The van der Waals surface area contributed by atoms with E-state index in [0.29, 0.717) is 11.4 Å². The molecule has 0 unspecified atom stereocenters. The van der Waals surface area contributed by atoms with E-state index < -0.39 is 34.5 Å². The van der Waals surface area contributed by atoms with Gasteiger partial charge in [0, 0.05) is 11.4 Å². The van der Waals surface area contributed by atoms with E-state index in [1.165, 1.54) is 63.8 Å². The summed E-state index contributed by atoms with van der Waals surface area (Å²) >= 11 is 0. The van der Waals surface area contributed by atoms with E-state index in [9.17, 15) is 22.8 Å². The summed E-state index contributed by atoms with van der Waals surface area (Å²) < 4.78 is 47.5. The smallest absolute Gasteiger partial charge is 0.337 e. The van der Waals surface area contributed by atoms with Crippen LogP contribution in [0.15, 0.2) is 71.6 Å². The highest BCUT2D eigenvalue weighted by molar-refractivity contribution is 7.92. The van der Waals surface area contributed by atoms with Crippen molar-refractivity contribution in [3.05, 3.63) is 77.9 Å². The minimum atomic E-state index is -3.85. The molecule has 0 saturated carbocycles. The van der Waals surface area contributed by atoms with Crippen molar-refractivity contribution >= 4 is 39.2 Å². The number of carbonyl (C=O) groups excluding carboxylic acids is 3. The van der Waals surface area contributed by atoms with Gasteiger partial charge in [-0.05, 0) is 66.7 Å². The molecule has 11 nitrogen and oxygen atoms in total. The number of methoxy groups -OCH3 is 3. The van der Waals surface area contributed by atoms with Crippen LogP contribution in [0.25, 0.3) is 0 Å². The van der Waals surface area contributed by atoms with Gasteiger partial charge in [0.15, 0.2) is 6.61 Å². The second-order valence-electron chi connectivity index (χ2n) is 7.42. The van der Waals surface area contributed by atoms with E-state index >= 15 is 0 Å². The first kappa shape index (κ1) is 27.0. The second kappa shape index (κ2) is 11.9. The lowest BCUT2D eigenvalue weighted by Gasteiger charge is -2.11. The Kier molecular flexibility index (Phi) is 8.69. The maximum atomic E-state index is 12.6. The summed E-state index contributed by atoms with van der Waals surface area (Å²) in [6.45, 7) is -0.424. The molecule has 3 rings (SSSR count). The molecule has 0 aliphatic heterocycles. The molecular weight excluding hydrogens is 504 g/mol. The summed E-state index contributed by atoms with van der Waals surface area (Å²) in [4.78, 5) is 36.1. The van der Waals surface area contributed by atoms with Crippen LogP contribution >= 0.6 is 0 Å². The van der Waals surface area contributed by atoms with E-state index in [-0.39, 0.29) is 27.5 Å². The topological polar surface area (TPSA) is 146 Å². The zero-order valence-electron chi connectivity index (χ0n) is 20.1. The number of ether oxygens (including phenoxy) is 4. The monoisotopic (exact) mass is 528 g/mol. The third-order valence-electron chi connectivity index (χ3n) is 4.91. The molecule has 0 bridgehead atoms. The Balaban J connectivity index is 1.63. The van der Waals surface area contributed by atoms with Gasteiger partial charge in [-0.3, -0.25) is 9.52 Å². The highest BCUT2D eigenvalue weighted by atomic mass is 32.2. The molecule has 0 aliphatic carbocycles. The Hall–Kier alpha value is -4.58. The average molecular weight is 529 g/mol. The number of hydrogen-bond donors (Lipinski definition) is 2. The molecule has 0 saturated heterocycles. The second-order valence-corrected chi connectivity index (χ2v) is 9.11. The van der Waals surface area contributed by atoms with Crippen LogP contribution in [0.2, 0.25) is 0 Å². The van der Waals surface area contributed by atoms with Crippen LogP contribution < -0.4 is 19.5 Å². The lowest BCUT2D eigenvalue weighted by molar-refractivity contribution is -0.118. The van der Waals surface area contributed by atoms with Gasteiger partial charge < -0.3 is 24.3 Å². The lowest BCUT2D eigenvalue weighted by atomic mass is 10.1. The van der Waals surface area contributed by atoms with Crippen molar-refractivity contribution in [3.63, 3.8) is 0 Å². The van der Waals surface area contributed by atoms with Crippen molar-refractivity contribution in [3.8, 4) is 11.5 Å². The lowest BCUT2D eigenvalue weighted by Crippen LogP contribution is -2.21. The van der Waals surface area contributed by atoms with Crippen LogP contribution in [-0.2, 0) is 24.3 Å². The number of anilines is 2. The molecule has 0 fully saturated rings. The minimum absolute atomic E-state index is 0.00455. The minimum Gasteiger partial charge on any atom is -0.497 e. The van der Waals surface area contributed by atoms with Gasteiger partial charge in [-0.2, -0.15) is 0 Å². The quantitative estimate of drug-likeness (QED) is 0.379. The van der Waals surface area contributed by atoms with E-state index in [0.717, 1.165) is 0 Å². The van der Waals surface area contributed by atoms with Gasteiger partial charge in [-0.1, -0.05) is 0 Å². The molecule has 0 aromatic heterocycles. The number of benzene rings is 3. The molecule has 1 amide bonds. The summed E-state index contributed by atoms with van der Waals surface area (Å²) in [5, 5.41) is 2.53. The van der Waals surface area contributed by atoms with E-state index in [1.54, 1.807) is 24.3 Å². The molecule has 3 aromatic carbocycles. The first-order chi connectivity index (χ1) is 17.6. The van der Waals surface area contributed by atoms with E-state index in [1.807, 2.05) is 0 Å². The summed E-state index contributed by atoms with van der Waals surface area (Å²) in [5.74, 6) is -1.15. The first-order valence-corrected chi connectivity index (χ1v) is 12.1. The van der Waals surface area contributed by atoms with Gasteiger partial charge in [0.25, 0.3) is 15.9 Å². The standard InChI is InChI=1S/C25H24N2O9S/c1-33-20-6-4-18(5-7-20)27-37(31,32)22-10-8-21(9-11-22)36-15-23(28)26-19-13-16(24(29)34-2)12-17(14-19)25(30)35-3/h4-14,27H,15H2,1-3H3,(H,26,28). The van der Waals surface area contributed by atoms with E-state index in [2.05, 4.69) is 19.5 Å². The van der Waals surface area contributed by atoms with Gasteiger partial charge in [0.2, 0.25) is 0 Å². The Labute approximate surface area is 213 Å². The highest BCUT2D eigenvalue weighted by Crippen LogP contribution is 2.22. The normalized spacial score (nSPS) is 10.7. The van der Waals surface area contributed by atoms with Crippen molar-refractivity contribution in [1.82, 2.24) is 0 Å². The van der Waals surface area contributed by atoms with E-state index in [4.69, 9.17) is 9.47 Å². The van der Waals surface area contributed by atoms with Gasteiger partial charge in [-0.25, -0.2) is 18.0 Å². The number of hydrogen-bond acceptors (Lipinski definition) is 9. The molecule has 0 spiro atoms. The molecule has 0 aliphatic rings. The maximum Gasteiger partial charge on any atom is 0.337 e. The average Bonchev–Trinajstić information content (AvgIpc) is 2.91. The number of nitrogens with one attached hydrogen (secondary N) is 2. The first-order valence-electron chi connectivity index (χ1n) is 10.7. The van der Waals surface area contributed by atoms with Crippen LogP contribution in [0.4, 0.5) is 11.4 Å². The fourth-order valence-corrected chi connectivity index (χ4v) is 4.16. The summed E-state index contributed by atoms with van der Waals surface area (Å²) in [5.41, 5.74) is 0.607. The van der Waals surface area contributed by atoms with Crippen LogP contribution in [0.1, 0.15) is 20.7 Å². The van der Waals surface area contributed by atoms with Gasteiger partial charge in [-0.15, -0.1) is 0 Å². The third-order valence-corrected chi connectivity index (χ3v) is 6.30. The molecule has 3 aromatic rings. The highest BCUT2D eigenvalue weighted by Gasteiger charge is 2.16. The number of amides is 1. The Morgan fingerprint density at radius 1 is 0.730 bits per heavy atom. The largest absolute Gasteiger partial charge is 0.497 e. The van der Waals surface area contributed by atoms with Gasteiger partial charge >= 0.3 is 11.9 Å². The van der Waals surface area contributed by atoms with Crippen LogP contribution in [0, 0.1) is 0 Å². The van der Waals surface area contributed by atoms with Crippen molar-refractivity contribution in [2.75, 3.05) is 38.0 Å². The number of carbonyl (C=O) groups is 3. The zero-order valence-corrected chi connectivity index (χ0v) is 21.0. The Morgan fingerprint density at radius 3 is 1.78 bits per heavy atom. The molecule has 12 heteroatoms. The Bertz CT molecular complexity index is 1350. The predicted octanol–water partition coefficient (Wildman–Crippen LogP) is 3.09. The fraction of sp³-hybridized carbons (Fsp3) is 0.160. The number of sulfonamides is 1. The third kappa shape index (κ3) is 7.21. The molecule has 2 N–H and O–H groups in total. The number of rotatable bonds is 10. The zero-order chi connectivity index (χ0) is 27.0. The maximum absolute atomic E-state index is 12.6. The SMILES string of the molecule is COC(=O)c1cc(NC(=O)COc2ccc(S(=O)(=O)Nc3ccc(OC)cc3)cc2)cc(C(=O)OC)c1. The molecular formula is C25H24N2O9S. The predicted molar refractivity (Wildman–Crippen MR) is 133 cm³/mol.